The minimum Gasteiger partial charge on any atom is -0.487 e. The Labute approximate surface area is 138 Å². The molecule has 0 atom stereocenters. The maximum Gasteiger partial charge on any atom is 0.453 e. The summed E-state index contributed by atoms with van der Waals surface area (Å²) in [5.41, 5.74) is 0. The summed E-state index contributed by atoms with van der Waals surface area (Å²) in [4.78, 5) is 28.2. The third-order valence-corrected chi connectivity index (χ3v) is 2.64. The fourth-order valence-electron chi connectivity index (χ4n) is 1.74. The second kappa shape index (κ2) is 7.85. The van der Waals surface area contributed by atoms with Gasteiger partial charge in [-0.3, -0.25) is 4.68 Å². The standard InChI is InChI=1S/C16H17N3O5/c1-12(2)22-14-6-4-5-7-15(14)24-19(8-9-20)16(21)23-13-10-17-18(3)11-13/h4-8,10-12H,1-3H3. The first-order valence-electron chi connectivity index (χ1n) is 7.14. The number of rotatable bonds is 6. The Kier molecular flexibility index (Phi) is 5.59. The number of nitrogens with zero attached hydrogens (tertiary/aromatic N) is 3. The number of para-hydroxylation sites is 2. The molecule has 0 N–H and O–H groups in total. The predicted octanol–water partition coefficient (Wildman–Crippen LogP) is 2.35. The summed E-state index contributed by atoms with van der Waals surface area (Å²) in [6.07, 6.45) is 2.62. The van der Waals surface area contributed by atoms with Crippen molar-refractivity contribution in [3.05, 3.63) is 42.9 Å². The van der Waals surface area contributed by atoms with Crippen LogP contribution in [0.3, 0.4) is 0 Å². The van der Waals surface area contributed by atoms with Crippen LogP contribution in [0.15, 0.2) is 42.9 Å². The molecule has 1 amide bonds. The first-order valence-corrected chi connectivity index (χ1v) is 7.14. The summed E-state index contributed by atoms with van der Waals surface area (Å²) in [5.74, 6) is 2.37. The second-order valence-electron chi connectivity index (χ2n) is 5.00. The summed E-state index contributed by atoms with van der Waals surface area (Å²) in [5, 5.41) is 4.51. The van der Waals surface area contributed by atoms with Gasteiger partial charge in [-0.05, 0) is 26.0 Å². The zero-order valence-corrected chi connectivity index (χ0v) is 13.5. The Morgan fingerprint density at radius 1 is 1.33 bits per heavy atom. The van der Waals surface area contributed by atoms with E-state index in [1.54, 1.807) is 31.3 Å². The van der Waals surface area contributed by atoms with Gasteiger partial charge in [0.1, 0.15) is 12.1 Å². The van der Waals surface area contributed by atoms with E-state index in [-0.39, 0.29) is 17.6 Å². The maximum atomic E-state index is 12.1. The number of hydroxylamine groups is 2. The van der Waals surface area contributed by atoms with Gasteiger partial charge in [-0.2, -0.15) is 5.10 Å². The summed E-state index contributed by atoms with van der Waals surface area (Å²) in [6.45, 7) is 3.72. The Bertz CT molecular complexity index is 750. The third kappa shape index (κ3) is 4.62. The number of ether oxygens (including phenoxy) is 2. The van der Waals surface area contributed by atoms with E-state index in [1.165, 1.54) is 23.0 Å². The lowest BCUT2D eigenvalue weighted by molar-refractivity contribution is 0.00798. The molecule has 1 aromatic carbocycles. The molecule has 126 valence electrons. The fourth-order valence-corrected chi connectivity index (χ4v) is 1.74. The molecule has 0 aliphatic carbocycles. The minimum absolute atomic E-state index is 0.0906. The molecule has 0 fully saturated rings. The van der Waals surface area contributed by atoms with Crippen LogP contribution in [0.5, 0.6) is 17.2 Å². The van der Waals surface area contributed by atoms with Crippen molar-refractivity contribution in [3.63, 3.8) is 0 Å². The smallest absolute Gasteiger partial charge is 0.453 e. The van der Waals surface area contributed by atoms with Crippen molar-refractivity contribution in [1.82, 2.24) is 14.8 Å². The van der Waals surface area contributed by atoms with Crippen molar-refractivity contribution in [2.75, 3.05) is 0 Å². The van der Waals surface area contributed by atoms with Gasteiger partial charge < -0.3 is 14.3 Å². The van der Waals surface area contributed by atoms with E-state index >= 15 is 0 Å². The number of hydrogen-bond donors (Lipinski definition) is 0. The highest BCUT2D eigenvalue weighted by molar-refractivity contribution is 5.72. The SMILES string of the molecule is CC(C)Oc1ccccc1ON(C=C=O)C(=O)Oc1cnn(C)c1. The molecule has 0 aliphatic heterocycles. The van der Waals surface area contributed by atoms with Crippen LogP contribution >= 0.6 is 0 Å². The van der Waals surface area contributed by atoms with E-state index in [0.29, 0.717) is 10.8 Å². The number of carbonyl (C=O) groups excluding carboxylic acids is 2. The van der Waals surface area contributed by atoms with Crippen LogP contribution in [0.4, 0.5) is 4.79 Å². The number of amides is 1. The van der Waals surface area contributed by atoms with Crippen LogP contribution in [0, 0.1) is 0 Å². The maximum absolute atomic E-state index is 12.1. The lowest BCUT2D eigenvalue weighted by atomic mass is 10.3. The summed E-state index contributed by atoms with van der Waals surface area (Å²) in [7, 11) is 1.68. The minimum atomic E-state index is -0.925. The van der Waals surface area contributed by atoms with Crippen molar-refractivity contribution in [1.29, 1.82) is 0 Å². The lowest BCUT2D eigenvalue weighted by Crippen LogP contribution is -2.32. The van der Waals surface area contributed by atoms with E-state index < -0.39 is 6.09 Å². The summed E-state index contributed by atoms with van der Waals surface area (Å²) < 4.78 is 12.1. The number of carbonyl (C=O) groups is 1. The van der Waals surface area contributed by atoms with E-state index in [4.69, 9.17) is 14.3 Å². The zero-order chi connectivity index (χ0) is 17.5. The van der Waals surface area contributed by atoms with Gasteiger partial charge in [-0.15, -0.1) is 5.06 Å². The highest BCUT2D eigenvalue weighted by Crippen LogP contribution is 2.28. The van der Waals surface area contributed by atoms with Crippen LogP contribution in [0.25, 0.3) is 0 Å². The molecule has 1 heterocycles. The van der Waals surface area contributed by atoms with Gasteiger partial charge in [0.15, 0.2) is 17.2 Å². The first-order chi connectivity index (χ1) is 11.5. The van der Waals surface area contributed by atoms with Crippen LogP contribution in [0.2, 0.25) is 0 Å². The zero-order valence-electron chi connectivity index (χ0n) is 13.5. The largest absolute Gasteiger partial charge is 0.487 e. The molecule has 0 radical (unpaired) electrons. The molecule has 0 bridgehead atoms. The molecule has 0 aliphatic rings. The van der Waals surface area contributed by atoms with E-state index in [1.807, 2.05) is 13.8 Å². The summed E-state index contributed by atoms with van der Waals surface area (Å²) >= 11 is 0. The van der Waals surface area contributed by atoms with Gasteiger partial charge in [-0.1, -0.05) is 12.1 Å². The van der Waals surface area contributed by atoms with Crippen LogP contribution < -0.4 is 14.3 Å². The fraction of sp³-hybridized carbons (Fsp3) is 0.250. The molecule has 0 spiro atoms. The highest BCUT2D eigenvalue weighted by Gasteiger charge is 2.19. The Morgan fingerprint density at radius 3 is 2.62 bits per heavy atom. The molecule has 2 rings (SSSR count). The van der Waals surface area contributed by atoms with Crippen LogP contribution in [-0.2, 0) is 11.8 Å². The third-order valence-electron chi connectivity index (χ3n) is 2.64. The molecule has 8 heteroatoms. The molecule has 0 unspecified atom stereocenters. The number of benzene rings is 1. The van der Waals surface area contributed by atoms with E-state index in [9.17, 15) is 9.59 Å². The first kappa shape index (κ1) is 17.1. The van der Waals surface area contributed by atoms with Crippen molar-refractivity contribution in [2.45, 2.75) is 20.0 Å². The van der Waals surface area contributed by atoms with Crippen molar-refractivity contribution >= 4 is 12.0 Å². The van der Waals surface area contributed by atoms with Gasteiger partial charge >= 0.3 is 6.09 Å². The van der Waals surface area contributed by atoms with Gasteiger partial charge in [0.2, 0.25) is 0 Å². The molecule has 0 saturated carbocycles. The van der Waals surface area contributed by atoms with Gasteiger partial charge in [0.05, 0.1) is 18.5 Å². The number of hydrogen-bond acceptors (Lipinski definition) is 6. The second-order valence-corrected chi connectivity index (χ2v) is 5.00. The van der Waals surface area contributed by atoms with Gasteiger partial charge in [0.25, 0.3) is 0 Å². The Hall–Kier alpha value is -3.25. The van der Waals surface area contributed by atoms with Crippen molar-refractivity contribution < 1.29 is 23.9 Å². The average molecular weight is 331 g/mol. The topological polar surface area (TPSA) is 82.9 Å². The van der Waals surface area contributed by atoms with Crippen molar-refractivity contribution in [2.24, 2.45) is 7.05 Å². The van der Waals surface area contributed by atoms with E-state index in [0.717, 1.165) is 6.20 Å². The Balaban J connectivity index is 2.16. The molecule has 0 saturated heterocycles. The molecule has 2 aromatic rings. The summed E-state index contributed by atoms with van der Waals surface area (Å²) in [6, 6.07) is 6.75. The quantitative estimate of drug-likeness (QED) is 0.597. The Morgan fingerprint density at radius 2 is 2.04 bits per heavy atom. The number of aromatic nitrogens is 2. The van der Waals surface area contributed by atoms with Gasteiger partial charge in [-0.25, -0.2) is 9.59 Å². The van der Waals surface area contributed by atoms with E-state index in [2.05, 4.69) is 5.10 Å². The number of aryl methyl sites for hydroxylation is 1. The molecule has 8 nitrogen and oxygen atoms in total. The predicted molar refractivity (Wildman–Crippen MR) is 84.2 cm³/mol. The normalized spacial score (nSPS) is 10.0. The average Bonchev–Trinajstić information content (AvgIpc) is 2.93. The lowest BCUT2D eigenvalue weighted by Gasteiger charge is -2.19. The molecular formula is C16H17N3O5. The molecule has 24 heavy (non-hydrogen) atoms. The van der Waals surface area contributed by atoms with Gasteiger partial charge in [0, 0.05) is 7.05 Å². The highest BCUT2D eigenvalue weighted by atomic mass is 16.7. The van der Waals surface area contributed by atoms with Crippen LogP contribution in [-0.4, -0.2) is 33.0 Å². The van der Waals surface area contributed by atoms with Crippen LogP contribution in [0.1, 0.15) is 13.8 Å². The van der Waals surface area contributed by atoms with Crippen molar-refractivity contribution in [3.8, 4) is 17.2 Å². The molecular weight excluding hydrogens is 314 g/mol. The monoisotopic (exact) mass is 331 g/mol. The molecule has 1 aromatic heterocycles.